The number of anilines is 3. The fraction of sp³-hybridized carbons (Fsp3) is 0.455. The molecule has 0 atom stereocenters. The number of aromatic nitrogens is 4. The average Bonchev–Trinajstić information content (AvgIpc) is 3.28. The second-order valence-corrected chi connectivity index (χ2v) is 8.28. The molecule has 4 heterocycles. The topological polar surface area (TPSA) is 78.7 Å². The Hall–Kier alpha value is -3.23. The molecular formula is C22H26FN7O. The van der Waals surface area contributed by atoms with Crippen LogP contribution in [0.5, 0.6) is 0 Å². The smallest absolute Gasteiger partial charge is 0.227 e. The van der Waals surface area contributed by atoms with Crippen molar-refractivity contribution in [3.05, 3.63) is 42.5 Å². The Morgan fingerprint density at radius 3 is 2.61 bits per heavy atom. The summed E-state index contributed by atoms with van der Waals surface area (Å²) in [4.78, 5) is 17.4. The maximum atomic E-state index is 13.9. The van der Waals surface area contributed by atoms with Gasteiger partial charge in [0, 0.05) is 32.1 Å². The highest BCUT2D eigenvalue weighted by molar-refractivity contribution is 5.96. The van der Waals surface area contributed by atoms with Gasteiger partial charge in [-0.1, -0.05) is 0 Å². The van der Waals surface area contributed by atoms with Crippen LogP contribution in [0.4, 0.5) is 21.6 Å². The highest BCUT2D eigenvalue weighted by Crippen LogP contribution is 2.31. The van der Waals surface area contributed by atoms with Crippen molar-refractivity contribution in [1.29, 1.82) is 0 Å². The van der Waals surface area contributed by atoms with Gasteiger partial charge in [-0.2, -0.15) is 4.52 Å². The molecule has 1 aromatic carbocycles. The van der Waals surface area contributed by atoms with Gasteiger partial charge in [-0.3, -0.25) is 4.79 Å². The third kappa shape index (κ3) is 4.17. The number of fused-ring (bicyclic) bond motifs is 1. The van der Waals surface area contributed by atoms with Crippen LogP contribution in [0, 0.1) is 11.7 Å². The van der Waals surface area contributed by atoms with E-state index >= 15 is 0 Å². The fourth-order valence-electron chi connectivity index (χ4n) is 4.51. The largest absolute Gasteiger partial charge is 0.370 e. The summed E-state index contributed by atoms with van der Waals surface area (Å²) in [7, 11) is 0. The van der Waals surface area contributed by atoms with Crippen LogP contribution in [0.3, 0.4) is 0 Å². The molecule has 2 saturated heterocycles. The van der Waals surface area contributed by atoms with Crippen LogP contribution >= 0.6 is 0 Å². The number of benzene rings is 1. The van der Waals surface area contributed by atoms with Crippen LogP contribution in [-0.2, 0) is 4.79 Å². The molecule has 2 aliphatic heterocycles. The normalized spacial score (nSPS) is 17.8. The number of amides is 1. The van der Waals surface area contributed by atoms with Gasteiger partial charge >= 0.3 is 0 Å². The number of carbonyl (C=O) groups excluding carboxylic acids is 1. The molecule has 8 nitrogen and oxygen atoms in total. The van der Waals surface area contributed by atoms with Crippen LogP contribution in [0.2, 0.25) is 0 Å². The molecule has 31 heavy (non-hydrogen) atoms. The van der Waals surface area contributed by atoms with Crippen molar-refractivity contribution in [3.63, 3.8) is 0 Å². The van der Waals surface area contributed by atoms with Gasteiger partial charge in [-0.05, 0) is 62.4 Å². The summed E-state index contributed by atoms with van der Waals surface area (Å²) < 4.78 is 15.6. The molecule has 0 bridgehead atoms. The average molecular weight is 423 g/mol. The van der Waals surface area contributed by atoms with E-state index in [4.69, 9.17) is 0 Å². The molecule has 2 aromatic heterocycles. The van der Waals surface area contributed by atoms with Gasteiger partial charge in [0.25, 0.3) is 0 Å². The predicted molar refractivity (Wildman–Crippen MR) is 117 cm³/mol. The van der Waals surface area contributed by atoms with Crippen LogP contribution in [0.15, 0.2) is 36.7 Å². The van der Waals surface area contributed by atoms with Gasteiger partial charge in [0.15, 0.2) is 5.65 Å². The second-order valence-electron chi connectivity index (χ2n) is 8.28. The summed E-state index contributed by atoms with van der Waals surface area (Å²) in [6, 6.07) is 8.51. The molecular weight excluding hydrogens is 397 g/mol. The van der Waals surface area contributed by atoms with Gasteiger partial charge in [-0.15, -0.1) is 15.3 Å². The van der Waals surface area contributed by atoms with E-state index in [0.717, 1.165) is 63.4 Å². The van der Waals surface area contributed by atoms with Crippen molar-refractivity contribution in [2.24, 2.45) is 5.92 Å². The first kappa shape index (κ1) is 19.7. The molecule has 2 aliphatic rings. The van der Waals surface area contributed by atoms with E-state index in [9.17, 15) is 9.18 Å². The molecule has 0 unspecified atom stereocenters. The summed E-state index contributed by atoms with van der Waals surface area (Å²) in [6.45, 7) is 3.36. The van der Waals surface area contributed by atoms with E-state index in [0.29, 0.717) is 11.3 Å². The molecule has 1 N–H and O–H groups in total. The van der Waals surface area contributed by atoms with E-state index in [1.54, 1.807) is 16.9 Å². The van der Waals surface area contributed by atoms with Gasteiger partial charge < -0.3 is 15.1 Å². The minimum atomic E-state index is -0.332. The van der Waals surface area contributed by atoms with Gasteiger partial charge in [0.1, 0.15) is 18.0 Å². The lowest BCUT2D eigenvalue weighted by molar-refractivity contribution is -0.120. The Morgan fingerprint density at radius 1 is 1.00 bits per heavy atom. The van der Waals surface area contributed by atoms with Crippen molar-refractivity contribution in [3.8, 4) is 0 Å². The fourth-order valence-corrected chi connectivity index (χ4v) is 4.51. The summed E-state index contributed by atoms with van der Waals surface area (Å²) in [6.07, 6.45) is 6.50. The lowest BCUT2D eigenvalue weighted by Gasteiger charge is -2.33. The van der Waals surface area contributed by atoms with Crippen LogP contribution in [0.1, 0.15) is 32.1 Å². The number of nitrogens with one attached hydrogen (secondary N) is 1. The van der Waals surface area contributed by atoms with Crippen molar-refractivity contribution in [1.82, 2.24) is 19.8 Å². The highest BCUT2D eigenvalue weighted by Gasteiger charge is 2.27. The number of rotatable bonds is 4. The molecule has 0 radical (unpaired) electrons. The molecule has 3 aromatic rings. The van der Waals surface area contributed by atoms with Crippen LogP contribution < -0.4 is 15.1 Å². The van der Waals surface area contributed by atoms with E-state index in [1.807, 2.05) is 12.1 Å². The third-order valence-corrected chi connectivity index (χ3v) is 6.25. The Balaban J connectivity index is 1.24. The van der Waals surface area contributed by atoms with E-state index in [-0.39, 0.29) is 17.6 Å². The monoisotopic (exact) mass is 423 g/mol. The van der Waals surface area contributed by atoms with E-state index < -0.39 is 0 Å². The number of hydrogen-bond acceptors (Lipinski definition) is 6. The number of piperidine rings is 2. The van der Waals surface area contributed by atoms with Crippen molar-refractivity contribution < 1.29 is 9.18 Å². The molecule has 0 saturated carbocycles. The summed E-state index contributed by atoms with van der Waals surface area (Å²) in [5.41, 5.74) is 2.20. The molecule has 9 heteroatoms. The number of nitrogens with zero attached hydrogens (tertiary/aromatic N) is 6. The summed E-state index contributed by atoms with van der Waals surface area (Å²) in [5.74, 6) is 0.378. The minimum absolute atomic E-state index is 0.0364. The lowest BCUT2D eigenvalue weighted by atomic mass is 9.95. The zero-order valence-corrected chi connectivity index (χ0v) is 17.4. The zero-order chi connectivity index (χ0) is 21.2. The van der Waals surface area contributed by atoms with Gasteiger partial charge in [-0.25, -0.2) is 4.39 Å². The van der Waals surface area contributed by atoms with Gasteiger partial charge in [0.05, 0.1) is 11.4 Å². The molecule has 0 aliphatic carbocycles. The van der Waals surface area contributed by atoms with E-state index in [1.165, 1.54) is 18.6 Å². The Bertz CT molecular complexity index is 1070. The predicted octanol–water partition coefficient (Wildman–Crippen LogP) is 3.11. The van der Waals surface area contributed by atoms with E-state index in [2.05, 4.69) is 30.4 Å². The minimum Gasteiger partial charge on any atom is -0.370 e. The van der Waals surface area contributed by atoms with Crippen molar-refractivity contribution in [2.75, 3.05) is 41.3 Å². The van der Waals surface area contributed by atoms with Gasteiger partial charge in [0.2, 0.25) is 5.91 Å². The Kier molecular flexibility index (Phi) is 5.40. The maximum absolute atomic E-state index is 13.9. The Morgan fingerprint density at radius 2 is 1.81 bits per heavy atom. The SMILES string of the molecule is O=C(Nc1cc(F)ccc1N1CCCCC1)C1CCN(c2ccc3nncn3n2)CC1. The quantitative estimate of drug-likeness (QED) is 0.695. The lowest BCUT2D eigenvalue weighted by Crippen LogP contribution is -2.39. The summed E-state index contributed by atoms with van der Waals surface area (Å²) in [5, 5.41) is 15.4. The number of halogens is 1. The first-order valence-corrected chi connectivity index (χ1v) is 10.9. The molecule has 0 spiro atoms. The molecule has 2 fully saturated rings. The molecule has 162 valence electrons. The zero-order valence-electron chi connectivity index (χ0n) is 17.4. The highest BCUT2D eigenvalue weighted by atomic mass is 19.1. The first-order chi connectivity index (χ1) is 15.2. The number of carbonyl (C=O) groups is 1. The second kappa shape index (κ2) is 8.49. The molecule has 5 rings (SSSR count). The maximum Gasteiger partial charge on any atom is 0.227 e. The standard InChI is InChI=1S/C22H26FN7O/c23-17-4-5-19(28-10-2-1-3-11-28)18(14-17)25-22(31)16-8-12-29(13-9-16)21-7-6-20-26-24-15-30(20)27-21/h4-7,14-16H,1-3,8-13H2,(H,25,31). The van der Waals surface area contributed by atoms with Crippen molar-refractivity contribution >= 4 is 28.7 Å². The molecule has 1 amide bonds. The van der Waals surface area contributed by atoms with Crippen LogP contribution in [-0.4, -0.2) is 51.9 Å². The Labute approximate surface area is 180 Å². The first-order valence-electron chi connectivity index (χ1n) is 10.9. The third-order valence-electron chi connectivity index (χ3n) is 6.25. The summed E-state index contributed by atoms with van der Waals surface area (Å²) >= 11 is 0. The number of hydrogen-bond donors (Lipinski definition) is 1. The van der Waals surface area contributed by atoms with Crippen LogP contribution in [0.25, 0.3) is 5.65 Å². The van der Waals surface area contributed by atoms with Crippen molar-refractivity contribution in [2.45, 2.75) is 32.1 Å².